The molecular formula is C29H26O4. The first kappa shape index (κ1) is 21.6. The molecule has 4 nitrogen and oxygen atoms in total. The third-order valence-corrected chi connectivity index (χ3v) is 6.93. The van der Waals surface area contributed by atoms with E-state index in [2.05, 4.69) is 0 Å². The van der Waals surface area contributed by atoms with Crippen molar-refractivity contribution in [3.05, 3.63) is 144 Å². The number of hydrogen-bond donors (Lipinski definition) is 2. The Morgan fingerprint density at radius 1 is 0.455 bits per heavy atom. The molecule has 33 heavy (non-hydrogen) atoms. The average molecular weight is 439 g/mol. The topological polar surface area (TPSA) is 58.9 Å². The molecule has 5 rings (SSSR count). The summed E-state index contributed by atoms with van der Waals surface area (Å²) < 4.78 is 0. The molecule has 1 heterocycles. The van der Waals surface area contributed by atoms with Crippen LogP contribution in [0.5, 0.6) is 0 Å². The van der Waals surface area contributed by atoms with Crippen LogP contribution in [-0.2, 0) is 26.4 Å². The van der Waals surface area contributed by atoms with Crippen molar-refractivity contribution in [2.75, 3.05) is 13.2 Å². The van der Waals surface area contributed by atoms with Gasteiger partial charge in [-0.15, -0.1) is 0 Å². The largest absolute Gasteiger partial charge is 0.395 e. The molecule has 0 spiro atoms. The van der Waals surface area contributed by atoms with Gasteiger partial charge in [0.1, 0.15) is 0 Å². The fourth-order valence-corrected chi connectivity index (χ4v) is 5.41. The van der Waals surface area contributed by atoms with Crippen molar-refractivity contribution in [2.24, 2.45) is 0 Å². The number of aliphatic hydroxyl groups is 2. The van der Waals surface area contributed by atoms with Gasteiger partial charge in [0.25, 0.3) is 0 Å². The molecule has 2 unspecified atom stereocenters. The van der Waals surface area contributed by atoms with E-state index in [1.807, 2.05) is 121 Å². The van der Waals surface area contributed by atoms with E-state index in [1.165, 1.54) is 0 Å². The summed E-state index contributed by atoms with van der Waals surface area (Å²) in [4.78, 5) is 12.7. The molecule has 0 saturated carbocycles. The van der Waals surface area contributed by atoms with E-state index in [1.54, 1.807) is 0 Å². The minimum absolute atomic E-state index is 0.337. The lowest BCUT2D eigenvalue weighted by molar-refractivity contribution is -0.354. The van der Waals surface area contributed by atoms with Crippen molar-refractivity contribution >= 4 is 0 Å². The average Bonchev–Trinajstić information content (AvgIpc) is 3.23. The predicted molar refractivity (Wildman–Crippen MR) is 126 cm³/mol. The number of rotatable bonds is 6. The Morgan fingerprint density at radius 3 is 1.24 bits per heavy atom. The van der Waals surface area contributed by atoms with Crippen LogP contribution in [0.15, 0.2) is 121 Å². The molecular weight excluding hydrogens is 412 g/mol. The highest BCUT2D eigenvalue weighted by Crippen LogP contribution is 2.64. The Labute approximate surface area is 193 Å². The van der Waals surface area contributed by atoms with Gasteiger partial charge in [0.15, 0.2) is 11.2 Å². The third-order valence-electron chi connectivity index (χ3n) is 6.93. The van der Waals surface area contributed by atoms with Crippen molar-refractivity contribution in [1.29, 1.82) is 0 Å². The molecule has 4 heteroatoms. The maximum Gasteiger partial charge on any atom is 0.169 e. The smallest absolute Gasteiger partial charge is 0.169 e. The summed E-state index contributed by atoms with van der Waals surface area (Å²) in [6, 6.07) is 38.8. The van der Waals surface area contributed by atoms with Gasteiger partial charge in [-0.2, -0.15) is 0 Å². The normalized spacial score (nSPS) is 23.9. The zero-order valence-corrected chi connectivity index (χ0v) is 18.2. The molecule has 4 aromatic rings. The molecule has 1 fully saturated rings. The van der Waals surface area contributed by atoms with Gasteiger partial charge < -0.3 is 10.2 Å². The fraction of sp³-hybridized carbons (Fsp3) is 0.172. The van der Waals surface area contributed by atoms with Gasteiger partial charge in [0, 0.05) is 0 Å². The predicted octanol–water partition coefficient (Wildman–Crippen LogP) is 4.71. The molecule has 0 radical (unpaired) electrons. The Balaban J connectivity index is 1.94. The van der Waals surface area contributed by atoms with Gasteiger partial charge in [0.2, 0.25) is 0 Å². The molecule has 0 amide bonds. The van der Waals surface area contributed by atoms with Crippen LogP contribution in [0.25, 0.3) is 0 Å². The van der Waals surface area contributed by atoms with Crippen molar-refractivity contribution in [1.82, 2.24) is 0 Å². The monoisotopic (exact) mass is 438 g/mol. The highest BCUT2D eigenvalue weighted by Gasteiger charge is 2.74. The SMILES string of the molecule is OCC1(c2ccccc2)OOC(c2ccccc2)(c2ccccc2)C1(CO)c1ccccc1. The summed E-state index contributed by atoms with van der Waals surface area (Å²) in [5.74, 6) is 0. The zero-order valence-electron chi connectivity index (χ0n) is 18.2. The lowest BCUT2D eigenvalue weighted by atomic mass is 9.53. The second kappa shape index (κ2) is 8.58. The minimum atomic E-state index is -1.38. The molecule has 1 saturated heterocycles. The maximum absolute atomic E-state index is 11.4. The van der Waals surface area contributed by atoms with E-state index in [0.717, 1.165) is 22.3 Å². The summed E-state index contributed by atoms with van der Waals surface area (Å²) in [7, 11) is 0. The molecule has 1 aliphatic heterocycles. The molecule has 2 N–H and O–H groups in total. The number of benzene rings is 4. The molecule has 1 aliphatic rings. The lowest BCUT2D eigenvalue weighted by Crippen LogP contribution is -2.60. The van der Waals surface area contributed by atoms with Crippen LogP contribution >= 0.6 is 0 Å². The Morgan fingerprint density at radius 2 is 0.848 bits per heavy atom. The Kier molecular flexibility index (Phi) is 5.60. The van der Waals surface area contributed by atoms with Crippen LogP contribution in [0.4, 0.5) is 0 Å². The first-order valence-electron chi connectivity index (χ1n) is 11.1. The van der Waals surface area contributed by atoms with E-state index in [0.29, 0.717) is 0 Å². The van der Waals surface area contributed by atoms with Crippen LogP contribution in [-0.4, -0.2) is 23.4 Å². The summed E-state index contributed by atoms with van der Waals surface area (Å²) >= 11 is 0. The summed E-state index contributed by atoms with van der Waals surface area (Å²) in [6.07, 6.45) is 0. The summed E-state index contributed by atoms with van der Waals surface area (Å²) in [6.45, 7) is -0.732. The van der Waals surface area contributed by atoms with Gasteiger partial charge in [-0.25, -0.2) is 9.78 Å². The zero-order chi connectivity index (χ0) is 22.8. The first-order chi connectivity index (χ1) is 16.2. The first-order valence-corrected chi connectivity index (χ1v) is 11.1. The van der Waals surface area contributed by atoms with Gasteiger partial charge in [0.05, 0.1) is 18.6 Å². The van der Waals surface area contributed by atoms with E-state index >= 15 is 0 Å². The molecule has 0 aromatic heterocycles. The molecule has 4 aromatic carbocycles. The Hall–Kier alpha value is -3.28. The van der Waals surface area contributed by atoms with Crippen LogP contribution in [0.2, 0.25) is 0 Å². The van der Waals surface area contributed by atoms with Crippen LogP contribution in [0.1, 0.15) is 22.3 Å². The quantitative estimate of drug-likeness (QED) is 0.428. The highest BCUT2D eigenvalue weighted by atomic mass is 17.2. The van der Waals surface area contributed by atoms with E-state index < -0.39 is 23.2 Å². The molecule has 166 valence electrons. The van der Waals surface area contributed by atoms with E-state index in [9.17, 15) is 10.2 Å². The lowest BCUT2D eigenvalue weighted by Gasteiger charge is -2.49. The fourth-order valence-electron chi connectivity index (χ4n) is 5.41. The van der Waals surface area contributed by atoms with Crippen LogP contribution in [0.3, 0.4) is 0 Å². The van der Waals surface area contributed by atoms with Gasteiger partial charge in [-0.05, 0) is 22.3 Å². The second-order valence-electron chi connectivity index (χ2n) is 8.36. The van der Waals surface area contributed by atoms with Crippen molar-refractivity contribution in [2.45, 2.75) is 16.6 Å². The summed E-state index contributed by atoms with van der Waals surface area (Å²) in [5.41, 5.74) is -0.684. The maximum atomic E-state index is 11.4. The van der Waals surface area contributed by atoms with Crippen molar-refractivity contribution in [3.63, 3.8) is 0 Å². The molecule has 2 atom stereocenters. The standard InChI is InChI=1S/C29H26O4/c30-21-27(23-13-5-1-6-14-23)28(22-31,24-15-7-2-8-16-24)32-33-29(27,25-17-9-3-10-18-25)26-19-11-4-12-20-26/h1-20,30-31H,21-22H2. The van der Waals surface area contributed by atoms with E-state index in [-0.39, 0.29) is 6.61 Å². The van der Waals surface area contributed by atoms with Crippen molar-refractivity contribution < 1.29 is 20.0 Å². The summed E-state index contributed by atoms with van der Waals surface area (Å²) in [5, 5.41) is 22.4. The van der Waals surface area contributed by atoms with Gasteiger partial charge in [-0.3, -0.25) is 0 Å². The molecule has 0 bridgehead atoms. The number of aliphatic hydroxyl groups excluding tert-OH is 2. The molecule has 0 aliphatic carbocycles. The van der Waals surface area contributed by atoms with Crippen LogP contribution < -0.4 is 0 Å². The Bertz CT molecular complexity index is 1140. The number of hydrogen-bond acceptors (Lipinski definition) is 4. The highest BCUT2D eigenvalue weighted by molar-refractivity contribution is 5.52. The van der Waals surface area contributed by atoms with Gasteiger partial charge in [-0.1, -0.05) is 121 Å². The third kappa shape index (κ3) is 2.93. The second-order valence-corrected chi connectivity index (χ2v) is 8.36. The minimum Gasteiger partial charge on any atom is -0.395 e. The van der Waals surface area contributed by atoms with Crippen molar-refractivity contribution in [3.8, 4) is 0 Å². The van der Waals surface area contributed by atoms with Gasteiger partial charge >= 0.3 is 0 Å². The van der Waals surface area contributed by atoms with E-state index in [4.69, 9.17) is 9.78 Å². The van der Waals surface area contributed by atoms with Crippen LogP contribution in [0, 0.1) is 0 Å².